The lowest BCUT2D eigenvalue weighted by atomic mass is 9.36. The number of Topliss-reactive ketones (excluding diaryl/α,β-unsaturated/α-hetero) is 1. The third kappa shape index (κ3) is 4.16. The van der Waals surface area contributed by atoms with E-state index >= 15 is 0 Å². The first-order valence-electron chi connectivity index (χ1n) is 13.2. The number of ether oxygens (including phenoxy) is 4. The van der Waals surface area contributed by atoms with Gasteiger partial charge in [-0.15, -0.1) is 0 Å². The van der Waals surface area contributed by atoms with Gasteiger partial charge in [-0.3, -0.25) is 24.0 Å². The molecule has 3 saturated carbocycles. The number of rotatable bonds is 6. The van der Waals surface area contributed by atoms with Crippen LogP contribution >= 0.6 is 0 Å². The Hall–Kier alpha value is -2.45. The van der Waals surface area contributed by atoms with Gasteiger partial charge in [-0.1, -0.05) is 27.2 Å². The largest absolute Gasteiger partial charge is 0.469 e. The third-order valence-electron chi connectivity index (χ3n) is 10.2. The highest BCUT2D eigenvalue weighted by Gasteiger charge is 2.73. The van der Waals surface area contributed by atoms with Gasteiger partial charge in [0.1, 0.15) is 5.78 Å². The van der Waals surface area contributed by atoms with E-state index in [1.165, 1.54) is 28.4 Å². The van der Waals surface area contributed by atoms with Crippen LogP contribution in [0.3, 0.4) is 0 Å². The molecule has 0 radical (unpaired) electrons. The Morgan fingerprint density at radius 2 is 1.35 bits per heavy atom. The minimum absolute atomic E-state index is 0.147. The molecule has 37 heavy (non-hydrogen) atoms. The molecule has 3 aliphatic rings. The van der Waals surface area contributed by atoms with Crippen LogP contribution in [0.4, 0.5) is 0 Å². The summed E-state index contributed by atoms with van der Waals surface area (Å²) < 4.78 is 20.9. The van der Waals surface area contributed by atoms with E-state index in [0.717, 1.165) is 6.42 Å². The van der Waals surface area contributed by atoms with Crippen LogP contribution in [0.5, 0.6) is 0 Å². The molecule has 208 valence electrons. The van der Waals surface area contributed by atoms with Gasteiger partial charge in [0, 0.05) is 11.8 Å². The van der Waals surface area contributed by atoms with Crippen molar-refractivity contribution in [3.05, 3.63) is 0 Å². The number of carbonyl (C=O) groups is 5. The smallest absolute Gasteiger partial charge is 0.313 e. The maximum Gasteiger partial charge on any atom is 0.313 e. The fraction of sp³-hybridized carbons (Fsp3) is 0.821. The van der Waals surface area contributed by atoms with Gasteiger partial charge in [0.15, 0.2) is 0 Å². The summed E-state index contributed by atoms with van der Waals surface area (Å²) in [5, 5.41) is 0. The van der Waals surface area contributed by atoms with Gasteiger partial charge >= 0.3 is 23.9 Å². The van der Waals surface area contributed by atoms with Crippen molar-refractivity contribution < 1.29 is 42.9 Å². The lowest BCUT2D eigenvalue weighted by Crippen LogP contribution is -2.68. The lowest BCUT2D eigenvalue weighted by molar-refractivity contribution is -0.225. The average molecular weight is 523 g/mol. The van der Waals surface area contributed by atoms with E-state index < -0.39 is 63.7 Å². The zero-order chi connectivity index (χ0) is 27.9. The molecular weight excluding hydrogens is 480 g/mol. The number of methoxy groups -OCH3 is 4. The van der Waals surface area contributed by atoms with E-state index in [4.69, 9.17) is 18.9 Å². The molecular formula is C28H42O9. The Labute approximate surface area is 219 Å². The number of esters is 4. The molecule has 0 saturated heterocycles. The van der Waals surface area contributed by atoms with Gasteiger partial charge in [-0.25, -0.2) is 0 Å². The number of carbonyl (C=O) groups excluding carboxylic acids is 5. The highest BCUT2D eigenvalue weighted by molar-refractivity contribution is 5.95. The SMILES string of the molecule is COC(=O)[C@H]1[C@@H](C(=O)OC)C2(C(=O)OC)CC[C@@H]3[C@](C)(CCC[C@@]3(C)C(=O)OC)[C@H]2C[C@H]1C(=O)C(C)C. The molecule has 0 N–H and O–H groups in total. The fourth-order valence-corrected chi connectivity index (χ4v) is 8.61. The second-order valence-electron chi connectivity index (χ2n) is 11.9. The van der Waals surface area contributed by atoms with Crippen molar-refractivity contribution in [1.82, 2.24) is 0 Å². The number of hydrogen-bond acceptors (Lipinski definition) is 9. The van der Waals surface area contributed by atoms with Crippen molar-refractivity contribution in [2.75, 3.05) is 28.4 Å². The summed E-state index contributed by atoms with van der Waals surface area (Å²) in [6, 6.07) is 0. The van der Waals surface area contributed by atoms with E-state index in [1.54, 1.807) is 13.8 Å². The van der Waals surface area contributed by atoms with Crippen LogP contribution in [0.15, 0.2) is 0 Å². The molecule has 0 aromatic carbocycles. The Kier molecular flexibility index (Phi) is 8.16. The number of hydrogen-bond donors (Lipinski definition) is 0. The quantitative estimate of drug-likeness (QED) is 0.382. The molecule has 3 aliphatic carbocycles. The predicted octanol–water partition coefficient (Wildman–Crippen LogP) is 3.36. The van der Waals surface area contributed by atoms with E-state index in [9.17, 15) is 24.0 Å². The fourth-order valence-electron chi connectivity index (χ4n) is 8.61. The van der Waals surface area contributed by atoms with Crippen LogP contribution in [0, 0.1) is 51.8 Å². The molecule has 3 fully saturated rings. The molecule has 8 atom stereocenters. The predicted molar refractivity (Wildman–Crippen MR) is 132 cm³/mol. The first-order valence-corrected chi connectivity index (χ1v) is 13.2. The van der Waals surface area contributed by atoms with Gasteiger partial charge < -0.3 is 18.9 Å². The molecule has 0 heterocycles. The average Bonchev–Trinajstić information content (AvgIpc) is 2.89. The zero-order valence-electron chi connectivity index (χ0n) is 23.4. The highest BCUT2D eigenvalue weighted by atomic mass is 16.5. The van der Waals surface area contributed by atoms with Crippen LogP contribution in [-0.2, 0) is 42.9 Å². The van der Waals surface area contributed by atoms with E-state index in [-0.39, 0.29) is 30.5 Å². The highest BCUT2D eigenvalue weighted by Crippen LogP contribution is 2.70. The minimum Gasteiger partial charge on any atom is -0.469 e. The number of ketones is 1. The molecule has 0 aromatic rings. The lowest BCUT2D eigenvalue weighted by Gasteiger charge is -2.65. The number of fused-ring (bicyclic) bond motifs is 3. The summed E-state index contributed by atoms with van der Waals surface area (Å²) in [7, 11) is 5.08. The Morgan fingerprint density at radius 1 is 0.757 bits per heavy atom. The summed E-state index contributed by atoms with van der Waals surface area (Å²) >= 11 is 0. The summed E-state index contributed by atoms with van der Waals surface area (Å²) in [5.74, 6) is -6.85. The molecule has 9 nitrogen and oxygen atoms in total. The van der Waals surface area contributed by atoms with Gasteiger partial charge in [0.25, 0.3) is 0 Å². The molecule has 0 spiro atoms. The molecule has 0 aromatic heterocycles. The Morgan fingerprint density at radius 3 is 1.86 bits per heavy atom. The second kappa shape index (κ2) is 10.4. The minimum atomic E-state index is -1.41. The van der Waals surface area contributed by atoms with Gasteiger partial charge in [0.2, 0.25) is 0 Å². The Balaban J connectivity index is 2.33. The first-order chi connectivity index (χ1) is 17.3. The summed E-state index contributed by atoms with van der Waals surface area (Å²) in [4.78, 5) is 67.3. The summed E-state index contributed by atoms with van der Waals surface area (Å²) in [6.07, 6.45) is 2.96. The van der Waals surface area contributed by atoms with Crippen LogP contribution in [0.1, 0.15) is 66.2 Å². The zero-order valence-corrected chi connectivity index (χ0v) is 23.4. The van der Waals surface area contributed by atoms with Crippen molar-refractivity contribution in [3.8, 4) is 0 Å². The Bertz CT molecular complexity index is 957. The van der Waals surface area contributed by atoms with Crippen molar-refractivity contribution in [2.24, 2.45) is 51.8 Å². The van der Waals surface area contributed by atoms with Gasteiger partial charge in [-0.05, 0) is 56.3 Å². The topological polar surface area (TPSA) is 122 Å². The van der Waals surface area contributed by atoms with Crippen LogP contribution in [-0.4, -0.2) is 58.1 Å². The first kappa shape index (κ1) is 29.1. The van der Waals surface area contributed by atoms with E-state index in [2.05, 4.69) is 6.92 Å². The maximum absolute atomic E-state index is 13.8. The van der Waals surface area contributed by atoms with Crippen molar-refractivity contribution in [3.63, 3.8) is 0 Å². The van der Waals surface area contributed by atoms with Crippen LogP contribution in [0.25, 0.3) is 0 Å². The van der Waals surface area contributed by atoms with Crippen molar-refractivity contribution in [1.29, 1.82) is 0 Å². The van der Waals surface area contributed by atoms with Crippen LogP contribution in [0.2, 0.25) is 0 Å². The molecule has 0 bridgehead atoms. The van der Waals surface area contributed by atoms with E-state index in [0.29, 0.717) is 19.3 Å². The molecule has 3 rings (SSSR count). The maximum atomic E-state index is 13.8. The third-order valence-corrected chi connectivity index (χ3v) is 10.2. The summed E-state index contributed by atoms with van der Waals surface area (Å²) in [6.45, 7) is 7.49. The molecule has 1 unspecified atom stereocenters. The normalized spacial score (nSPS) is 39.0. The van der Waals surface area contributed by atoms with E-state index in [1.807, 2.05) is 6.92 Å². The van der Waals surface area contributed by atoms with Crippen molar-refractivity contribution in [2.45, 2.75) is 66.2 Å². The summed E-state index contributed by atoms with van der Waals surface area (Å²) in [5.41, 5.74) is -2.79. The standard InChI is InChI=1S/C28H42O9/c1-15(2)21(29)16-14-18-26(3)11-9-12-27(4,24(32)36-7)17(26)10-13-28(18,25(33)37-8)20(23(31)35-6)19(16)22(30)34-5/h15-20H,9-14H2,1-8H3/t16-,17-,18-,19-,20+,26+,27-,28?/m1/s1. The molecule has 0 aliphatic heterocycles. The molecule has 9 heteroatoms. The van der Waals surface area contributed by atoms with Crippen molar-refractivity contribution >= 4 is 29.7 Å². The second-order valence-corrected chi connectivity index (χ2v) is 11.9. The molecule has 0 amide bonds. The van der Waals surface area contributed by atoms with Crippen LogP contribution < -0.4 is 0 Å². The monoisotopic (exact) mass is 522 g/mol. The van der Waals surface area contributed by atoms with Gasteiger partial charge in [0.05, 0.1) is 51.1 Å². The van der Waals surface area contributed by atoms with Gasteiger partial charge in [-0.2, -0.15) is 0 Å².